The summed E-state index contributed by atoms with van der Waals surface area (Å²) in [6.07, 6.45) is 3.81. The minimum atomic E-state index is -3.57. The Labute approximate surface area is 252 Å². The summed E-state index contributed by atoms with van der Waals surface area (Å²) in [5.74, 6) is -0.360. The summed E-state index contributed by atoms with van der Waals surface area (Å²) in [7, 11) is -3.57. The van der Waals surface area contributed by atoms with Gasteiger partial charge >= 0.3 is 0 Å². The molecule has 0 aliphatic rings. The highest BCUT2D eigenvalue weighted by Gasteiger charge is 2.31. The molecule has 0 radical (unpaired) electrons. The van der Waals surface area contributed by atoms with Crippen molar-refractivity contribution in [1.82, 2.24) is 10.2 Å². The Hall–Kier alpha value is -3.65. The summed E-state index contributed by atoms with van der Waals surface area (Å²) in [6, 6.07) is 22.5. The largest absolute Gasteiger partial charge is 0.354 e. The van der Waals surface area contributed by atoms with E-state index in [1.807, 2.05) is 87.5 Å². The number of anilines is 1. The van der Waals surface area contributed by atoms with Crippen molar-refractivity contribution in [1.29, 1.82) is 0 Å². The highest BCUT2D eigenvalue weighted by molar-refractivity contribution is 7.92. The molecule has 0 bridgehead atoms. The van der Waals surface area contributed by atoms with Gasteiger partial charge in [-0.05, 0) is 67.5 Å². The number of benzene rings is 3. The summed E-state index contributed by atoms with van der Waals surface area (Å²) in [5, 5.41) is 3.05. The van der Waals surface area contributed by atoms with Crippen LogP contribution in [-0.2, 0) is 32.6 Å². The van der Waals surface area contributed by atoms with Gasteiger partial charge in [0.1, 0.15) is 6.04 Å². The van der Waals surface area contributed by atoms with Crippen molar-refractivity contribution in [3.05, 3.63) is 101 Å². The average molecular weight is 592 g/mol. The molecule has 0 spiro atoms. The molecule has 1 atom stereocenters. The Balaban J connectivity index is 1.90. The first kappa shape index (κ1) is 32.9. The summed E-state index contributed by atoms with van der Waals surface area (Å²) in [6.45, 7) is 8.93. The van der Waals surface area contributed by atoms with E-state index in [2.05, 4.69) is 12.2 Å². The summed E-state index contributed by atoms with van der Waals surface area (Å²) < 4.78 is 27.0. The summed E-state index contributed by atoms with van der Waals surface area (Å²) in [4.78, 5) is 29.3. The van der Waals surface area contributed by atoms with Gasteiger partial charge in [-0.15, -0.1) is 0 Å². The second-order valence-corrected chi connectivity index (χ2v) is 12.9. The number of carbonyl (C=O) groups is 2. The molecule has 0 saturated carbocycles. The lowest BCUT2D eigenvalue weighted by Gasteiger charge is -2.32. The lowest BCUT2D eigenvalue weighted by Crippen LogP contribution is -2.50. The molecule has 0 aromatic heterocycles. The van der Waals surface area contributed by atoms with E-state index in [1.54, 1.807) is 11.0 Å². The van der Waals surface area contributed by atoms with Crippen molar-refractivity contribution in [3.63, 3.8) is 0 Å². The normalized spacial score (nSPS) is 12.0. The molecule has 0 fully saturated rings. The molecule has 226 valence electrons. The standard InChI is InChI=1S/C34H45N3O4S/c1-6-7-22-35-34(39)32(24-29-17-9-8-10-18-29)36(25-30-19-12-11-15-27(30)3)33(38)21-14-23-37(42(5,40)41)31-20-13-16-26(2)28(31)4/h8-13,15-20,32H,6-7,14,21-25H2,1-5H3,(H,35,39)/t32-/m0/s1. The van der Waals surface area contributed by atoms with Crippen molar-refractivity contribution in [2.24, 2.45) is 0 Å². The predicted molar refractivity (Wildman–Crippen MR) is 171 cm³/mol. The Morgan fingerprint density at radius 3 is 2.19 bits per heavy atom. The van der Waals surface area contributed by atoms with E-state index in [-0.39, 0.29) is 31.3 Å². The second-order valence-electron chi connectivity index (χ2n) is 11.0. The molecule has 3 rings (SSSR count). The number of carbonyl (C=O) groups excluding carboxylic acids is 2. The molecule has 42 heavy (non-hydrogen) atoms. The van der Waals surface area contributed by atoms with E-state index < -0.39 is 16.1 Å². The van der Waals surface area contributed by atoms with Crippen LogP contribution in [0.25, 0.3) is 0 Å². The number of aryl methyl sites for hydroxylation is 2. The monoisotopic (exact) mass is 591 g/mol. The SMILES string of the molecule is CCCCNC(=O)[C@H](Cc1ccccc1)N(Cc1ccccc1C)C(=O)CCCN(c1cccc(C)c1C)S(C)(=O)=O. The molecule has 3 aromatic carbocycles. The van der Waals surface area contributed by atoms with Gasteiger partial charge in [-0.25, -0.2) is 8.42 Å². The molecule has 0 aliphatic heterocycles. The van der Waals surface area contributed by atoms with Crippen LogP contribution in [0.4, 0.5) is 5.69 Å². The Morgan fingerprint density at radius 2 is 1.52 bits per heavy atom. The number of nitrogens with one attached hydrogen (secondary N) is 1. The smallest absolute Gasteiger partial charge is 0.243 e. The summed E-state index contributed by atoms with van der Waals surface area (Å²) >= 11 is 0. The number of rotatable bonds is 15. The van der Waals surface area contributed by atoms with Crippen LogP contribution in [0.2, 0.25) is 0 Å². The maximum Gasteiger partial charge on any atom is 0.243 e. The van der Waals surface area contributed by atoms with Gasteiger partial charge in [0.05, 0.1) is 11.9 Å². The Morgan fingerprint density at radius 1 is 0.857 bits per heavy atom. The van der Waals surface area contributed by atoms with Gasteiger partial charge in [-0.2, -0.15) is 0 Å². The van der Waals surface area contributed by atoms with E-state index in [9.17, 15) is 18.0 Å². The molecule has 0 heterocycles. The van der Waals surface area contributed by atoms with Crippen LogP contribution in [0, 0.1) is 20.8 Å². The van der Waals surface area contributed by atoms with Gasteiger partial charge in [0.2, 0.25) is 21.8 Å². The third kappa shape index (κ3) is 9.18. The minimum absolute atomic E-state index is 0.107. The number of unbranched alkanes of at least 4 members (excludes halogenated alkanes) is 1. The van der Waals surface area contributed by atoms with Gasteiger partial charge in [0.15, 0.2) is 0 Å². The molecule has 3 aromatic rings. The van der Waals surface area contributed by atoms with Gasteiger partial charge in [-0.1, -0.05) is 80.1 Å². The highest BCUT2D eigenvalue weighted by atomic mass is 32.2. The third-order valence-corrected chi connectivity index (χ3v) is 8.88. The molecule has 2 amide bonds. The van der Waals surface area contributed by atoms with Gasteiger partial charge < -0.3 is 10.2 Å². The number of sulfonamides is 1. The van der Waals surface area contributed by atoms with Crippen LogP contribution in [0.3, 0.4) is 0 Å². The van der Waals surface area contributed by atoms with E-state index in [0.29, 0.717) is 25.1 Å². The van der Waals surface area contributed by atoms with Crippen molar-refractivity contribution < 1.29 is 18.0 Å². The van der Waals surface area contributed by atoms with Gasteiger partial charge in [0, 0.05) is 32.5 Å². The van der Waals surface area contributed by atoms with Gasteiger partial charge in [-0.3, -0.25) is 13.9 Å². The van der Waals surface area contributed by atoms with Crippen molar-refractivity contribution in [2.75, 3.05) is 23.7 Å². The van der Waals surface area contributed by atoms with Gasteiger partial charge in [0.25, 0.3) is 0 Å². The fourth-order valence-electron chi connectivity index (χ4n) is 5.02. The number of nitrogens with zero attached hydrogens (tertiary/aromatic N) is 2. The molecular weight excluding hydrogens is 546 g/mol. The van der Waals surface area contributed by atoms with Crippen LogP contribution in [0.1, 0.15) is 60.4 Å². The topological polar surface area (TPSA) is 86.8 Å². The van der Waals surface area contributed by atoms with E-state index in [4.69, 9.17) is 0 Å². The zero-order valence-corrected chi connectivity index (χ0v) is 26.4. The molecule has 1 N–H and O–H groups in total. The zero-order chi connectivity index (χ0) is 30.7. The average Bonchev–Trinajstić information content (AvgIpc) is 2.95. The number of hydrogen-bond acceptors (Lipinski definition) is 4. The van der Waals surface area contributed by atoms with Crippen molar-refractivity contribution in [3.8, 4) is 0 Å². The first-order valence-corrected chi connectivity index (χ1v) is 16.6. The van der Waals surface area contributed by atoms with Crippen LogP contribution >= 0.6 is 0 Å². The van der Waals surface area contributed by atoms with Crippen LogP contribution in [0.15, 0.2) is 72.8 Å². The van der Waals surface area contributed by atoms with E-state index in [0.717, 1.165) is 40.7 Å². The second kappa shape index (κ2) is 15.5. The fourth-order valence-corrected chi connectivity index (χ4v) is 6.04. The third-order valence-electron chi connectivity index (χ3n) is 7.70. The number of amides is 2. The summed E-state index contributed by atoms with van der Waals surface area (Å²) in [5.41, 5.74) is 5.49. The highest BCUT2D eigenvalue weighted by Crippen LogP contribution is 2.26. The fraction of sp³-hybridized carbons (Fsp3) is 0.412. The molecule has 8 heteroatoms. The Kier molecular flexibility index (Phi) is 12.2. The minimum Gasteiger partial charge on any atom is -0.354 e. The Bertz CT molecular complexity index is 1440. The maximum absolute atomic E-state index is 14.0. The van der Waals surface area contributed by atoms with Crippen LogP contribution in [0.5, 0.6) is 0 Å². The molecule has 0 unspecified atom stereocenters. The van der Waals surface area contributed by atoms with Crippen LogP contribution in [-0.4, -0.2) is 50.5 Å². The van der Waals surface area contributed by atoms with Crippen molar-refractivity contribution in [2.45, 2.75) is 72.4 Å². The van der Waals surface area contributed by atoms with Crippen molar-refractivity contribution >= 4 is 27.5 Å². The first-order valence-electron chi connectivity index (χ1n) is 14.7. The quantitative estimate of drug-likeness (QED) is 0.229. The number of hydrogen-bond donors (Lipinski definition) is 1. The van der Waals surface area contributed by atoms with E-state index >= 15 is 0 Å². The maximum atomic E-state index is 14.0. The lowest BCUT2D eigenvalue weighted by atomic mass is 10.0. The first-order chi connectivity index (χ1) is 20.0. The van der Waals surface area contributed by atoms with Crippen LogP contribution < -0.4 is 9.62 Å². The molecule has 0 aliphatic carbocycles. The van der Waals surface area contributed by atoms with E-state index in [1.165, 1.54) is 10.6 Å². The lowest BCUT2D eigenvalue weighted by molar-refractivity contribution is -0.141. The molecular formula is C34H45N3O4S. The predicted octanol–water partition coefficient (Wildman–Crippen LogP) is 5.71. The molecule has 7 nitrogen and oxygen atoms in total. The zero-order valence-electron chi connectivity index (χ0n) is 25.6. The molecule has 0 saturated heterocycles.